The summed E-state index contributed by atoms with van der Waals surface area (Å²) in [6.07, 6.45) is 8.48. The number of fused-ring (bicyclic) bond motifs is 2. The van der Waals surface area contributed by atoms with Gasteiger partial charge in [-0.25, -0.2) is 0 Å². The molecular weight excluding hydrogens is 460 g/mol. The Balaban J connectivity index is 1.41. The molecule has 0 radical (unpaired) electrons. The van der Waals surface area contributed by atoms with E-state index in [-0.39, 0.29) is 0 Å². The molecule has 2 N–H and O–H groups in total. The van der Waals surface area contributed by atoms with E-state index in [2.05, 4.69) is 133 Å². The van der Waals surface area contributed by atoms with Gasteiger partial charge in [0.05, 0.1) is 0 Å². The van der Waals surface area contributed by atoms with E-state index >= 15 is 0 Å². The zero-order chi connectivity index (χ0) is 25.5. The Morgan fingerprint density at radius 3 is 1.50 bits per heavy atom. The second-order valence-corrected chi connectivity index (χ2v) is 9.96. The minimum Gasteiger partial charge on any atom is -0.385 e. The lowest BCUT2D eigenvalue weighted by atomic mass is 9.85. The Morgan fingerprint density at radius 1 is 0.526 bits per heavy atom. The normalized spacial score (nSPS) is 13.3. The third-order valence-electron chi connectivity index (χ3n) is 7.62. The van der Waals surface area contributed by atoms with Crippen molar-refractivity contribution in [1.82, 2.24) is 10.3 Å². The molecule has 1 aliphatic heterocycles. The first-order chi connectivity index (χ1) is 18.8. The maximum absolute atomic E-state index is 3.37. The van der Waals surface area contributed by atoms with E-state index in [0.29, 0.717) is 0 Å². The van der Waals surface area contributed by atoms with E-state index in [4.69, 9.17) is 0 Å². The summed E-state index contributed by atoms with van der Waals surface area (Å²) in [4.78, 5) is 3.16. The van der Waals surface area contributed by atoms with Gasteiger partial charge in [-0.1, -0.05) is 103 Å². The molecule has 7 rings (SSSR count). The molecule has 1 aromatic heterocycles. The summed E-state index contributed by atoms with van der Waals surface area (Å²) in [6, 6.07) is 37.8. The van der Waals surface area contributed by atoms with Crippen LogP contribution >= 0.6 is 0 Å². The molecule has 2 nitrogen and oxygen atoms in total. The predicted molar refractivity (Wildman–Crippen MR) is 162 cm³/mol. The Hall–Kier alpha value is -4.82. The summed E-state index contributed by atoms with van der Waals surface area (Å²) in [5, 5.41) is 8.48. The van der Waals surface area contributed by atoms with Crippen LogP contribution in [-0.4, -0.2) is 11.5 Å². The van der Waals surface area contributed by atoms with Crippen LogP contribution < -0.4 is 5.32 Å². The highest BCUT2D eigenvalue weighted by Crippen LogP contribution is 2.44. The van der Waals surface area contributed by atoms with Gasteiger partial charge in [-0.05, 0) is 85.1 Å². The summed E-state index contributed by atoms with van der Waals surface area (Å²) >= 11 is 0. The quantitative estimate of drug-likeness (QED) is 0.238. The Kier molecular flexibility index (Phi) is 5.44. The molecule has 5 aromatic carbocycles. The van der Waals surface area contributed by atoms with Crippen LogP contribution in [0.15, 0.2) is 133 Å². The molecule has 1 aliphatic rings. The van der Waals surface area contributed by atoms with E-state index in [9.17, 15) is 0 Å². The minimum absolute atomic E-state index is 0.877. The van der Waals surface area contributed by atoms with E-state index in [1.807, 2.05) is 12.4 Å². The molecule has 0 bridgehead atoms. The zero-order valence-corrected chi connectivity index (χ0v) is 21.3. The number of dihydropyridines is 1. The van der Waals surface area contributed by atoms with E-state index < -0.39 is 0 Å². The van der Waals surface area contributed by atoms with Gasteiger partial charge in [-0.3, -0.25) is 0 Å². The molecule has 0 amide bonds. The van der Waals surface area contributed by atoms with Crippen molar-refractivity contribution >= 4 is 27.1 Å². The molecule has 0 saturated heterocycles. The lowest BCUT2D eigenvalue weighted by molar-refractivity contribution is 0.895. The molecule has 0 spiro atoms. The van der Waals surface area contributed by atoms with Crippen LogP contribution in [-0.2, 0) is 0 Å². The monoisotopic (exact) mass is 488 g/mol. The summed E-state index contributed by atoms with van der Waals surface area (Å²) < 4.78 is 0. The van der Waals surface area contributed by atoms with Gasteiger partial charge in [0.25, 0.3) is 0 Å². The van der Waals surface area contributed by atoms with Gasteiger partial charge in [0.1, 0.15) is 0 Å². The lowest BCUT2D eigenvalue weighted by Crippen LogP contribution is -2.14. The second-order valence-electron chi connectivity index (χ2n) is 9.96. The number of rotatable bonds is 4. The molecule has 0 atom stereocenters. The van der Waals surface area contributed by atoms with E-state index in [1.54, 1.807) is 0 Å². The highest BCUT2D eigenvalue weighted by atomic mass is 14.9. The van der Waals surface area contributed by atoms with Gasteiger partial charge in [-0.2, -0.15) is 0 Å². The van der Waals surface area contributed by atoms with Crippen molar-refractivity contribution in [2.45, 2.75) is 6.92 Å². The average molecular weight is 489 g/mol. The Bertz CT molecular complexity index is 1780. The van der Waals surface area contributed by atoms with E-state index in [1.165, 1.54) is 71.8 Å². The molecule has 2 heterocycles. The smallest absolute Gasteiger partial charge is 0.0336 e. The third-order valence-corrected chi connectivity index (χ3v) is 7.62. The number of hydrogen-bond acceptors (Lipinski definition) is 1. The van der Waals surface area contributed by atoms with Crippen molar-refractivity contribution in [3.63, 3.8) is 0 Å². The molecule has 38 heavy (non-hydrogen) atoms. The maximum atomic E-state index is 3.37. The van der Waals surface area contributed by atoms with Crippen LogP contribution in [0.4, 0.5) is 0 Å². The summed E-state index contributed by atoms with van der Waals surface area (Å²) in [7, 11) is 0. The molecule has 6 aromatic rings. The molecule has 0 aliphatic carbocycles. The number of benzene rings is 5. The van der Waals surface area contributed by atoms with Crippen LogP contribution in [0, 0.1) is 0 Å². The average Bonchev–Trinajstić information content (AvgIpc) is 3.51. The lowest BCUT2D eigenvalue weighted by Gasteiger charge is -2.18. The van der Waals surface area contributed by atoms with Gasteiger partial charge in [0, 0.05) is 24.6 Å². The zero-order valence-electron chi connectivity index (χ0n) is 21.3. The summed E-state index contributed by atoms with van der Waals surface area (Å²) in [6.45, 7) is 3.00. The second kappa shape index (κ2) is 9.24. The fourth-order valence-electron chi connectivity index (χ4n) is 5.78. The maximum Gasteiger partial charge on any atom is 0.0336 e. The molecule has 0 saturated carbocycles. The molecule has 0 unspecified atom stereocenters. The highest BCUT2D eigenvalue weighted by Gasteiger charge is 2.16. The van der Waals surface area contributed by atoms with Crippen LogP contribution in [0.3, 0.4) is 0 Å². The predicted octanol–water partition coefficient (Wildman–Crippen LogP) is 9.21. The number of nitrogens with one attached hydrogen (secondary N) is 2. The van der Waals surface area contributed by atoms with Gasteiger partial charge in [-0.15, -0.1) is 0 Å². The molecular formula is C36H28N2. The van der Waals surface area contributed by atoms with Crippen molar-refractivity contribution < 1.29 is 0 Å². The number of hydrogen-bond donors (Lipinski definition) is 2. The highest BCUT2D eigenvalue weighted by molar-refractivity contribution is 6.21. The fourth-order valence-corrected chi connectivity index (χ4v) is 5.78. The summed E-state index contributed by atoms with van der Waals surface area (Å²) in [5.41, 5.74) is 11.2. The molecule has 2 heteroatoms. The van der Waals surface area contributed by atoms with Crippen LogP contribution in [0.2, 0.25) is 0 Å². The first-order valence-corrected chi connectivity index (χ1v) is 13.2. The number of allylic oxidation sites excluding steroid dienone is 3. The number of aromatic amines is 1. The van der Waals surface area contributed by atoms with Gasteiger partial charge >= 0.3 is 0 Å². The van der Waals surface area contributed by atoms with Crippen molar-refractivity contribution in [3.05, 3.63) is 139 Å². The number of aromatic nitrogens is 1. The van der Waals surface area contributed by atoms with Crippen LogP contribution in [0.25, 0.3) is 60.5 Å². The first-order valence-electron chi connectivity index (χ1n) is 13.2. The van der Waals surface area contributed by atoms with Crippen molar-refractivity contribution in [1.29, 1.82) is 0 Å². The first kappa shape index (κ1) is 22.4. The number of H-pyrrole nitrogens is 1. The molecule has 182 valence electrons. The van der Waals surface area contributed by atoms with Gasteiger partial charge in [0.15, 0.2) is 0 Å². The fraction of sp³-hybridized carbons (Fsp3) is 0.0556. The Morgan fingerprint density at radius 2 is 1.03 bits per heavy atom. The van der Waals surface area contributed by atoms with Gasteiger partial charge < -0.3 is 10.3 Å². The Labute approximate surface area is 223 Å². The summed E-state index contributed by atoms with van der Waals surface area (Å²) in [5.74, 6) is 0. The van der Waals surface area contributed by atoms with Crippen LogP contribution in [0.1, 0.15) is 12.5 Å². The SMILES string of the molecule is CC1=CC(c2ccc(-c3c4ccccc4c(-c4ccc(-c5cc[nH]c5)cc4)c4ccccc34)cc2)=CCN1. The standard InChI is InChI=1S/C36H28N2/c1-24-22-29(19-21-38-24)25-10-14-27(15-11-25)35-31-6-2-4-8-33(31)36(34-9-5-3-7-32(34)35)28-16-12-26(13-17-28)30-18-20-37-23-30/h2-20,22-23,37-38H,21H2,1H3. The van der Waals surface area contributed by atoms with Crippen molar-refractivity contribution in [3.8, 4) is 33.4 Å². The van der Waals surface area contributed by atoms with E-state index in [0.717, 1.165) is 6.54 Å². The topological polar surface area (TPSA) is 27.8 Å². The van der Waals surface area contributed by atoms with Crippen LogP contribution in [0.5, 0.6) is 0 Å². The van der Waals surface area contributed by atoms with Crippen molar-refractivity contribution in [2.24, 2.45) is 0 Å². The minimum atomic E-state index is 0.877. The molecule has 0 fully saturated rings. The third kappa shape index (κ3) is 3.82. The van der Waals surface area contributed by atoms with Gasteiger partial charge in [0.2, 0.25) is 0 Å². The van der Waals surface area contributed by atoms with Crippen molar-refractivity contribution in [2.75, 3.05) is 6.54 Å². The largest absolute Gasteiger partial charge is 0.385 e.